The first-order valence-electron chi connectivity index (χ1n) is 9.96. The summed E-state index contributed by atoms with van der Waals surface area (Å²) in [5, 5.41) is 44.1. The minimum atomic E-state index is -1.000. The number of nitrogens with one attached hydrogen (secondary N) is 3. The maximum absolute atomic E-state index is 10.4. The van der Waals surface area contributed by atoms with Gasteiger partial charge in [0.05, 0.1) is 18.7 Å². The fourth-order valence-electron chi connectivity index (χ4n) is 3.94. The van der Waals surface area contributed by atoms with Gasteiger partial charge >= 0.3 is 0 Å². The molecule has 6 N–H and O–H groups in total. The minimum absolute atomic E-state index is 0.181. The molecular formula is C20H27N7O3. The minimum Gasteiger partial charge on any atom is -0.396 e. The molecule has 10 nitrogen and oxygen atoms in total. The summed E-state index contributed by atoms with van der Waals surface area (Å²) in [5.41, 5.74) is 3.45. The summed E-state index contributed by atoms with van der Waals surface area (Å²) in [6.07, 6.45) is 1.95. The van der Waals surface area contributed by atoms with Crippen LogP contribution in [0.1, 0.15) is 17.8 Å². The normalized spacial score (nSPS) is 26.4. The van der Waals surface area contributed by atoms with Gasteiger partial charge in [-0.3, -0.25) is 4.98 Å². The number of nitrogens with zero attached hydrogens (tertiary/aromatic N) is 4. The number of guanidine groups is 1. The number of anilines is 1. The van der Waals surface area contributed by atoms with Crippen LogP contribution in [-0.2, 0) is 0 Å². The third-order valence-corrected chi connectivity index (χ3v) is 5.40. The summed E-state index contributed by atoms with van der Waals surface area (Å²) in [5.74, 6) is 0.708. The van der Waals surface area contributed by atoms with Crippen LogP contribution in [0.25, 0.3) is 5.70 Å². The van der Waals surface area contributed by atoms with Crippen molar-refractivity contribution in [1.82, 2.24) is 25.4 Å². The zero-order valence-electron chi connectivity index (χ0n) is 16.9. The first-order valence-corrected chi connectivity index (χ1v) is 9.96. The first-order chi connectivity index (χ1) is 14.4. The Morgan fingerprint density at radius 2 is 1.97 bits per heavy atom. The molecule has 0 bridgehead atoms. The van der Waals surface area contributed by atoms with Gasteiger partial charge in [-0.25, -0.2) is 4.68 Å². The highest BCUT2D eigenvalue weighted by Crippen LogP contribution is 2.28. The Morgan fingerprint density at radius 1 is 1.20 bits per heavy atom. The molecule has 2 aliphatic rings. The van der Waals surface area contributed by atoms with Crippen LogP contribution in [-0.4, -0.2) is 67.4 Å². The SMILES string of the molecule is Cc1cc(NC2=NC(N[C@@H]3C[C@H](CO)[C@@H](O)[C@H]3O)=C(n3cccn3)CN2)cc(C)n1. The quantitative estimate of drug-likeness (QED) is 0.396. The molecule has 30 heavy (non-hydrogen) atoms. The molecule has 0 unspecified atom stereocenters. The van der Waals surface area contributed by atoms with Crippen molar-refractivity contribution in [2.75, 3.05) is 18.5 Å². The van der Waals surface area contributed by atoms with Crippen molar-refractivity contribution in [1.29, 1.82) is 0 Å². The largest absolute Gasteiger partial charge is 0.396 e. The molecule has 1 fully saturated rings. The highest BCUT2D eigenvalue weighted by molar-refractivity contribution is 5.96. The zero-order chi connectivity index (χ0) is 21.3. The van der Waals surface area contributed by atoms with Crippen molar-refractivity contribution < 1.29 is 15.3 Å². The second-order valence-electron chi connectivity index (χ2n) is 7.73. The topological polar surface area (TPSA) is 140 Å². The molecule has 1 aliphatic heterocycles. The molecule has 1 saturated carbocycles. The van der Waals surface area contributed by atoms with E-state index >= 15 is 0 Å². The van der Waals surface area contributed by atoms with Crippen LogP contribution in [0, 0.1) is 19.8 Å². The third kappa shape index (κ3) is 4.16. The van der Waals surface area contributed by atoms with Crippen molar-refractivity contribution >= 4 is 17.3 Å². The molecule has 160 valence electrons. The number of aliphatic imine (C=N–C) groups is 1. The van der Waals surface area contributed by atoms with E-state index in [1.165, 1.54) is 0 Å². The summed E-state index contributed by atoms with van der Waals surface area (Å²) in [7, 11) is 0. The van der Waals surface area contributed by atoms with Crippen LogP contribution < -0.4 is 16.0 Å². The number of pyridine rings is 1. The fourth-order valence-corrected chi connectivity index (χ4v) is 3.94. The molecular weight excluding hydrogens is 386 g/mol. The van der Waals surface area contributed by atoms with Gasteiger partial charge in [-0.05, 0) is 38.5 Å². The van der Waals surface area contributed by atoms with Gasteiger partial charge in [-0.15, -0.1) is 0 Å². The maximum atomic E-state index is 10.4. The van der Waals surface area contributed by atoms with Crippen LogP contribution >= 0.6 is 0 Å². The van der Waals surface area contributed by atoms with Gasteiger partial charge < -0.3 is 31.3 Å². The molecule has 0 saturated heterocycles. The van der Waals surface area contributed by atoms with E-state index in [1.54, 1.807) is 10.9 Å². The first kappa shape index (κ1) is 20.3. The lowest BCUT2D eigenvalue weighted by Gasteiger charge is -2.26. The molecule has 10 heteroatoms. The van der Waals surface area contributed by atoms with Crippen molar-refractivity contribution in [3.63, 3.8) is 0 Å². The number of aryl methyl sites for hydroxylation is 2. The summed E-state index contributed by atoms with van der Waals surface area (Å²) >= 11 is 0. The van der Waals surface area contributed by atoms with E-state index in [9.17, 15) is 15.3 Å². The Kier molecular flexibility index (Phi) is 5.71. The lowest BCUT2D eigenvalue weighted by Crippen LogP contribution is -2.43. The molecule has 0 amide bonds. The van der Waals surface area contributed by atoms with E-state index in [-0.39, 0.29) is 12.5 Å². The lowest BCUT2D eigenvalue weighted by molar-refractivity contribution is 0.000636. The van der Waals surface area contributed by atoms with Gasteiger partial charge in [-0.2, -0.15) is 10.1 Å². The second kappa shape index (κ2) is 8.42. The Bertz CT molecular complexity index is 937. The fraction of sp³-hybridized carbons (Fsp3) is 0.450. The number of aliphatic hydroxyl groups is 3. The third-order valence-electron chi connectivity index (χ3n) is 5.40. The summed E-state index contributed by atoms with van der Waals surface area (Å²) < 4.78 is 1.71. The van der Waals surface area contributed by atoms with Crippen molar-refractivity contribution in [3.8, 4) is 0 Å². The standard InChI is InChI=1S/C20H27N7O3/c1-11-6-14(7-12(2)23-11)24-20-21-9-16(27-5-3-4-22-27)19(26-20)25-15-8-13(10-28)17(29)18(15)30/h3-7,13,15,17-18,25,28-30H,8-10H2,1-2H3,(H2,21,23,24,26)/t13-,15-,17-,18+/m1/s1. The van der Waals surface area contributed by atoms with Crippen molar-refractivity contribution in [2.45, 2.75) is 38.5 Å². The van der Waals surface area contributed by atoms with Crippen LogP contribution in [0.15, 0.2) is 41.4 Å². The molecule has 0 aromatic carbocycles. The van der Waals surface area contributed by atoms with E-state index in [0.29, 0.717) is 24.7 Å². The monoisotopic (exact) mass is 413 g/mol. The van der Waals surface area contributed by atoms with Gasteiger partial charge in [0.1, 0.15) is 11.8 Å². The van der Waals surface area contributed by atoms with Crippen LogP contribution in [0.5, 0.6) is 0 Å². The predicted octanol–water partition coefficient (Wildman–Crippen LogP) is -0.215. The van der Waals surface area contributed by atoms with Crippen LogP contribution in [0.4, 0.5) is 5.69 Å². The average Bonchev–Trinajstić information content (AvgIpc) is 3.32. The van der Waals surface area contributed by atoms with Gasteiger partial charge in [0.2, 0.25) is 5.96 Å². The highest BCUT2D eigenvalue weighted by Gasteiger charge is 2.41. The molecule has 2 aromatic rings. The van der Waals surface area contributed by atoms with E-state index in [4.69, 9.17) is 0 Å². The highest BCUT2D eigenvalue weighted by atomic mass is 16.3. The summed E-state index contributed by atoms with van der Waals surface area (Å²) in [6.45, 7) is 4.14. The summed E-state index contributed by atoms with van der Waals surface area (Å²) in [4.78, 5) is 9.06. The number of hydrogen-bond acceptors (Lipinski definition) is 9. The molecule has 2 aromatic heterocycles. The molecule has 0 spiro atoms. The average molecular weight is 413 g/mol. The Labute approximate surface area is 174 Å². The van der Waals surface area contributed by atoms with Gasteiger partial charge in [0.25, 0.3) is 0 Å². The van der Waals surface area contributed by atoms with E-state index in [2.05, 4.69) is 31.0 Å². The lowest BCUT2D eigenvalue weighted by atomic mass is 10.1. The predicted molar refractivity (Wildman–Crippen MR) is 112 cm³/mol. The molecule has 3 heterocycles. The van der Waals surface area contributed by atoms with Crippen molar-refractivity contribution in [2.24, 2.45) is 10.9 Å². The van der Waals surface area contributed by atoms with E-state index in [1.807, 2.05) is 38.2 Å². The van der Waals surface area contributed by atoms with Gasteiger partial charge in [0.15, 0.2) is 5.82 Å². The van der Waals surface area contributed by atoms with Crippen LogP contribution in [0.3, 0.4) is 0 Å². The number of hydrogen-bond donors (Lipinski definition) is 6. The number of rotatable bonds is 5. The Hall–Kier alpha value is -2.95. The summed E-state index contributed by atoms with van der Waals surface area (Å²) in [6, 6.07) is 5.24. The second-order valence-corrected chi connectivity index (χ2v) is 7.73. The number of aromatic nitrogens is 3. The Morgan fingerprint density at radius 3 is 2.60 bits per heavy atom. The van der Waals surface area contributed by atoms with Gasteiger partial charge in [0, 0.05) is 42.0 Å². The Balaban J connectivity index is 1.62. The zero-order valence-corrected chi connectivity index (χ0v) is 16.9. The van der Waals surface area contributed by atoms with E-state index < -0.39 is 18.2 Å². The molecule has 1 aliphatic carbocycles. The molecule has 4 rings (SSSR count). The number of aliphatic hydroxyl groups excluding tert-OH is 3. The maximum Gasteiger partial charge on any atom is 0.202 e. The molecule has 0 radical (unpaired) electrons. The van der Waals surface area contributed by atoms with E-state index in [0.717, 1.165) is 22.8 Å². The smallest absolute Gasteiger partial charge is 0.202 e. The molecule has 4 atom stereocenters. The van der Waals surface area contributed by atoms with Crippen molar-refractivity contribution in [3.05, 3.63) is 47.8 Å². The van der Waals surface area contributed by atoms with Gasteiger partial charge in [-0.1, -0.05) is 0 Å². The van der Waals surface area contributed by atoms with Crippen LogP contribution in [0.2, 0.25) is 0 Å².